The van der Waals surface area contributed by atoms with Gasteiger partial charge in [0.15, 0.2) is 18.0 Å². The van der Waals surface area contributed by atoms with Crippen LogP contribution in [-0.4, -0.2) is 64.6 Å². The lowest BCUT2D eigenvalue weighted by Crippen LogP contribution is -2.39. The fourth-order valence-corrected chi connectivity index (χ4v) is 4.22. The first kappa shape index (κ1) is 21.1. The zero-order chi connectivity index (χ0) is 20.7. The van der Waals surface area contributed by atoms with Crippen LogP contribution in [0.2, 0.25) is 0 Å². The maximum absolute atomic E-state index is 12.3. The van der Waals surface area contributed by atoms with Gasteiger partial charge < -0.3 is 30.3 Å². The van der Waals surface area contributed by atoms with Gasteiger partial charge in [0.2, 0.25) is 0 Å². The molecule has 6 atom stereocenters. The van der Waals surface area contributed by atoms with Gasteiger partial charge in [0, 0.05) is 18.3 Å². The molecule has 3 rings (SSSR count). The highest BCUT2D eigenvalue weighted by molar-refractivity contribution is 9.11. The average molecular weight is 527 g/mol. The number of halogens is 2. The summed E-state index contributed by atoms with van der Waals surface area (Å²) in [5, 5.41) is 49.0. The Labute approximate surface area is 173 Å². The lowest BCUT2D eigenvalue weighted by atomic mass is 10.1. The van der Waals surface area contributed by atoms with E-state index in [2.05, 4.69) is 36.8 Å². The Morgan fingerprint density at radius 2 is 1.75 bits per heavy atom. The molecule has 1 aliphatic rings. The lowest BCUT2D eigenvalue weighted by Gasteiger charge is -2.22. The second kappa shape index (κ2) is 8.00. The first-order valence-electron chi connectivity index (χ1n) is 8.02. The summed E-state index contributed by atoms with van der Waals surface area (Å²) >= 11 is 6.57. The number of rotatable bonds is 5. The number of hydrogen-bond acceptors (Lipinski definition) is 8. The summed E-state index contributed by atoms with van der Waals surface area (Å²) in [7, 11) is 0. The number of ether oxygens (including phenoxy) is 1. The number of alkyl halides is 2. The van der Waals surface area contributed by atoms with E-state index < -0.39 is 52.2 Å². The standard InChI is InChI=1S/C15H17Br2N3O8/c16-9(12(17)20-7(22)1-2-8(20)23)5-3-19(15(27)18-13(5)26)14-11(25)10(24)6(4-21)28-14/h1-3,6,9-12,14,21-25H,4H2,(H,18,26,27)/t6-,9?,10?,11+,12?,14-/m1/s1. The van der Waals surface area contributed by atoms with E-state index in [1.165, 1.54) is 12.1 Å². The van der Waals surface area contributed by atoms with E-state index in [9.17, 15) is 35.1 Å². The molecule has 3 heterocycles. The minimum Gasteiger partial charge on any atom is -0.494 e. The van der Waals surface area contributed by atoms with Gasteiger partial charge in [-0.1, -0.05) is 31.9 Å². The topological polar surface area (TPSA) is 170 Å². The van der Waals surface area contributed by atoms with E-state index in [0.717, 1.165) is 15.3 Å². The number of aromatic hydroxyl groups is 2. The quantitative estimate of drug-likeness (QED) is 0.280. The van der Waals surface area contributed by atoms with E-state index in [0.29, 0.717) is 0 Å². The van der Waals surface area contributed by atoms with Crippen molar-refractivity contribution in [2.45, 2.75) is 34.3 Å². The Balaban J connectivity index is 2.01. The van der Waals surface area contributed by atoms with Crippen molar-refractivity contribution in [1.82, 2.24) is 14.1 Å². The predicted molar refractivity (Wildman–Crippen MR) is 102 cm³/mol. The van der Waals surface area contributed by atoms with E-state index >= 15 is 0 Å². The molecule has 154 valence electrons. The van der Waals surface area contributed by atoms with Crippen molar-refractivity contribution in [3.8, 4) is 11.8 Å². The van der Waals surface area contributed by atoms with E-state index in [1.54, 1.807) is 0 Å². The summed E-state index contributed by atoms with van der Waals surface area (Å²) in [4.78, 5) is 24.9. The Morgan fingerprint density at radius 3 is 2.29 bits per heavy atom. The molecule has 0 spiro atoms. The molecule has 2 aromatic rings. The molecule has 1 saturated heterocycles. The molecule has 11 nitrogen and oxygen atoms in total. The highest BCUT2D eigenvalue weighted by Crippen LogP contribution is 2.42. The Bertz CT molecular complexity index is 953. The molecule has 6 N–H and O–H groups in total. The number of aromatic amines is 1. The molecule has 0 bridgehead atoms. The molecule has 0 amide bonds. The van der Waals surface area contributed by atoms with Crippen LogP contribution >= 0.6 is 31.9 Å². The fraction of sp³-hybridized carbons (Fsp3) is 0.467. The number of H-pyrrole nitrogens is 1. The van der Waals surface area contributed by atoms with Crippen LogP contribution in [0.25, 0.3) is 0 Å². The zero-order valence-electron chi connectivity index (χ0n) is 14.0. The van der Waals surface area contributed by atoms with Gasteiger partial charge in [0.1, 0.15) is 23.3 Å². The minimum atomic E-state index is -1.51. The monoisotopic (exact) mass is 525 g/mol. The van der Waals surface area contributed by atoms with Crippen LogP contribution in [0.3, 0.4) is 0 Å². The fourth-order valence-electron chi connectivity index (χ4n) is 2.96. The minimum absolute atomic E-state index is 0.00622. The van der Waals surface area contributed by atoms with Crippen molar-refractivity contribution in [2.75, 3.05) is 6.61 Å². The van der Waals surface area contributed by atoms with Crippen LogP contribution in [0.5, 0.6) is 11.8 Å². The second-order valence-electron chi connectivity index (χ2n) is 6.17. The van der Waals surface area contributed by atoms with E-state index in [-0.39, 0.29) is 17.3 Å². The molecule has 0 saturated carbocycles. The Hall–Kier alpha value is -1.64. The van der Waals surface area contributed by atoms with Gasteiger partial charge in [0.05, 0.1) is 17.0 Å². The number of hydrogen-bond donors (Lipinski definition) is 6. The van der Waals surface area contributed by atoms with Crippen molar-refractivity contribution >= 4 is 31.9 Å². The molecular weight excluding hydrogens is 510 g/mol. The molecular formula is C15H17Br2N3O8. The number of aliphatic hydroxyl groups excluding tert-OH is 3. The van der Waals surface area contributed by atoms with Gasteiger partial charge in [-0.15, -0.1) is 0 Å². The first-order valence-corrected chi connectivity index (χ1v) is 9.85. The van der Waals surface area contributed by atoms with Crippen LogP contribution in [0, 0.1) is 0 Å². The Kier molecular flexibility index (Phi) is 6.03. The molecule has 28 heavy (non-hydrogen) atoms. The number of aliphatic hydroxyl groups is 3. The van der Waals surface area contributed by atoms with E-state index in [1.807, 2.05) is 0 Å². The van der Waals surface area contributed by atoms with Gasteiger partial charge in [-0.25, -0.2) is 4.79 Å². The molecule has 0 aliphatic carbocycles. The normalized spacial score (nSPS) is 27.0. The van der Waals surface area contributed by atoms with Crippen LogP contribution in [0.15, 0.2) is 27.9 Å². The molecule has 1 fully saturated rings. The highest BCUT2D eigenvalue weighted by atomic mass is 79.9. The van der Waals surface area contributed by atoms with Crippen LogP contribution in [-0.2, 0) is 4.74 Å². The third kappa shape index (κ3) is 3.53. The number of nitrogens with zero attached hydrogens (tertiary/aromatic N) is 2. The maximum atomic E-state index is 12.3. The van der Waals surface area contributed by atoms with Crippen molar-refractivity contribution in [1.29, 1.82) is 0 Å². The van der Waals surface area contributed by atoms with E-state index in [4.69, 9.17) is 4.74 Å². The molecule has 3 unspecified atom stereocenters. The SMILES string of the molecule is O=c1[nH]c(=O)n([C@@H]2O[C@H](CO)C(O)[C@@H]2O)cc1C(Br)C(Br)n1c(O)ccc1O. The lowest BCUT2D eigenvalue weighted by molar-refractivity contribution is -0.0551. The molecule has 1 aliphatic heterocycles. The van der Waals surface area contributed by atoms with Gasteiger partial charge in [-0.3, -0.25) is 18.9 Å². The van der Waals surface area contributed by atoms with Crippen LogP contribution in [0.1, 0.15) is 21.6 Å². The van der Waals surface area contributed by atoms with Crippen molar-refractivity contribution in [3.63, 3.8) is 0 Å². The summed E-state index contributed by atoms with van der Waals surface area (Å²) in [5.74, 6) is -0.533. The van der Waals surface area contributed by atoms with Crippen LogP contribution in [0.4, 0.5) is 0 Å². The summed E-state index contributed by atoms with van der Waals surface area (Å²) < 4.78 is 7.32. The molecule has 0 aromatic carbocycles. The largest absolute Gasteiger partial charge is 0.494 e. The Morgan fingerprint density at radius 1 is 1.14 bits per heavy atom. The van der Waals surface area contributed by atoms with Crippen molar-refractivity contribution in [3.05, 3.63) is 44.7 Å². The van der Waals surface area contributed by atoms with Crippen LogP contribution < -0.4 is 11.2 Å². The number of aromatic nitrogens is 3. The van der Waals surface area contributed by atoms with Crippen molar-refractivity contribution < 1.29 is 30.3 Å². The molecule has 13 heteroatoms. The summed E-state index contributed by atoms with van der Waals surface area (Å²) in [5.41, 5.74) is -1.63. The second-order valence-corrected chi connectivity index (χ2v) is 8.10. The average Bonchev–Trinajstić information content (AvgIpc) is 3.13. The number of nitrogens with one attached hydrogen (secondary N) is 1. The van der Waals surface area contributed by atoms with Gasteiger partial charge in [0.25, 0.3) is 5.56 Å². The third-order valence-corrected chi connectivity index (χ3v) is 7.09. The predicted octanol–water partition coefficient (Wildman–Crippen LogP) is -0.609. The summed E-state index contributed by atoms with van der Waals surface area (Å²) in [6.45, 7) is -0.573. The summed E-state index contributed by atoms with van der Waals surface area (Å²) in [6.07, 6.45) is -4.24. The third-order valence-electron chi connectivity index (χ3n) is 4.45. The van der Waals surface area contributed by atoms with Crippen molar-refractivity contribution in [2.24, 2.45) is 0 Å². The summed E-state index contributed by atoms with van der Waals surface area (Å²) in [6, 6.07) is 2.52. The highest BCUT2D eigenvalue weighted by Gasteiger charge is 2.44. The molecule has 2 aromatic heterocycles. The first-order chi connectivity index (χ1) is 13.2. The van der Waals surface area contributed by atoms with Gasteiger partial charge in [-0.2, -0.15) is 0 Å². The maximum Gasteiger partial charge on any atom is 0.330 e. The zero-order valence-corrected chi connectivity index (χ0v) is 17.2. The smallest absolute Gasteiger partial charge is 0.330 e. The molecule has 0 radical (unpaired) electrons. The van der Waals surface area contributed by atoms with Gasteiger partial charge >= 0.3 is 5.69 Å². The van der Waals surface area contributed by atoms with Gasteiger partial charge in [-0.05, 0) is 0 Å².